The van der Waals surface area contributed by atoms with Crippen molar-refractivity contribution in [3.8, 4) is 0 Å². The minimum absolute atomic E-state index is 0.353. The van der Waals surface area contributed by atoms with E-state index in [1.54, 1.807) is 35.1 Å². The molecule has 0 spiro atoms. The van der Waals surface area contributed by atoms with Crippen molar-refractivity contribution in [1.82, 2.24) is 10.9 Å². The van der Waals surface area contributed by atoms with Gasteiger partial charge in [-0.3, -0.25) is 20.8 Å². The van der Waals surface area contributed by atoms with Crippen LogP contribution in [0.15, 0.2) is 104 Å². The average Bonchev–Trinajstić information content (AvgIpc) is 3.63. The van der Waals surface area contributed by atoms with Gasteiger partial charge in [0.05, 0.1) is 23.8 Å². The van der Waals surface area contributed by atoms with Crippen molar-refractivity contribution in [3.05, 3.63) is 104 Å². The van der Waals surface area contributed by atoms with E-state index in [9.17, 15) is 0 Å². The molecule has 0 unspecified atom stereocenters. The molecule has 2 N–H and O–H groups in total. The van der Waals surface area contributed by atoms with Gasteiger partial charge in [-0.1, -0.05) is 47.5 Å². The van der Waals surface area contributed by atoms with Crippen LogP contribution in [0.2, 0.25) is 0 Å². The first-order chi connectivity index (χ1) is 18.5. The van der Waals surface area contributed by atoms with Crippen LogP contribution in [0.5, 0.6) is 0 Å². The fourth-order valence-electron chi connectivity index (χ4n) is 2.55. The Morgan fingerprint density at radius 1 is 0.684 bits per heavy atom. The van der Waals surface area contributed by atoms with E-state index in [0.717, 1.165) is 38.5 Å². The van der Waals surface area contributed by atoms with E-state index in [1.807, 2.05) is 97.4 Å². The van der Waals surface area contributed by atoms with Crippen molar-refractivity contribution in [2.75, 3.05) is 0 Å². The van der Waals surface area contributed by atoms with Gasteiger partial charge in [-0.05, 0) is 61.0 Å². The molecule has 0 bridgehead atoms. The van der Waals surface area contributed by atoms with Crippen molar-refractivity contribution in [3.63, 3.8) is 0 Å². The molecule has 2 heterocycles. The summed E-state index contributed by atoms with van der Waals surface area (Å²) in [5.41, 5.74) is 9.49. The summed E-state index contributed by atoms with van der Waals surface area (Å²) < 4.78 is 8.19. The molecule has 193 valence electrons. The number of hydrazone groups is 2. The van der Waals surface area contributed by atoms with Crippen LogP contribution in [0, 0.1) is 13.8 Å². The van der Waals surface area contributed by atoms with E-state index >= 15 is 0 Å². The van der Waals surface area contributed by atoms with Crippen LogP contribution in [-0.2, 0) is 46.3 Å². The zero-order valence-corrected chi connectivity index (χ0v) is 25.2. The third-order valence-corrected chi connectivity index (χ3v) is 6.30. The first kappa shape index (κ1) is 31.2. The molecule has 0 radical (unpaired) electrons. The quantitative estimate of drug-likeness (QED) is 0.115. The van der Waals surface area contributed by atoms with Crippen LogP contribution in [0.1, 0.15) is 20.9 Å². The van der Waals surface area contributed by atoms with Crippen molar-refractivity contribution in [2.45, 2.75) is 13.8 Å². The maximum absolute atomic E-state index is 8.19. The third-order valence-electron chi connectivity index (χ3n) is 4.32. The number of nitrogens with one attached hydrogen (secondary N) is 2. The Bertz CT molecular complexity index is 1220. The summed E-state index contributed by atoms with van der Waals surface area (Å²) >= 11 is 14.4. The molecule has 38 heavy (non-hydrogen) atoms. The van der Waals surface area contributed by atoms with Gasteiger partial charge >= 0.3 is 21.0 Å². The van der Waals surface area contributed by atoms with Gasteiger partial charge in [0.25, 0.3) is 0 Å². The van der Waals surface area contributed by atoms with Crippen LogP contribution >= 0.6 is 22.7 Å². The Labute approximate surface area is 251 Å². The Hall–Kier alpha value is -3.06. The molecule has 0 aliphatic carbocycles. The fraction of sp³-hybridized carbons (Fsp3) is 0.0769. The second-order valence-corrected chi connectivity index (χ2v) is 10.0. The predicted octanol–water partition coefficient (Wildman–Crippen LogP) is 6.31. The first-order valence-corrected chi connectivity index (χ1v) is 14.1. The molecule has 0 aliphatic rings. The summed E-state index contributed by atoms with van der Waals surface area (Å²) in [5, 5.41) is 12.8. The summed E-state index contributed by atoms with van der Waals surface area (Å²) in [4.78, 5) is 10.6. The maximum atomic E-state index is 8.19. The molecule has 0 amide bonds. The zero-order chi connectivity index (χ0) is 27.6. The number of benzene rings is 2. The third kappa shape index (κ3) is 13.0. The van der Waals surface area contributed by atoms with Gasteiger partial charge in [0.15, 0.2) is 0 Å². The van der Waals surface area contributed by atoms with E-state index < -0.39 is 0 Å². The Balaban J connectivity index is 0.000000251. The number of aliphatic imine (C=N–C) groups is 2. The molecule has 0 saturated heterocycles. The van der Waals surface area contributed by atoms with Gasteiger partial charge in [0, 0.05) is 20.1 Å². The van der Waals surface area contributed by atoms with Gasteiger partial charge < -0.3 is 25.3 Å². The number of rotatable bonds is 6. The van der Waals surface area contributed by atoms with Crippen molar-refractivity contribution in [2.24, 2.45) is 20.2 Å². The molecular weight excluding hydrogens is 592 g/mol. The molecule has 7 nitrogen and oxygen atoms in total. The van der Waals surface area contributed by atoms with Crippen LogP contribution < -0.4 is 10.9 Å². The number of hydrogen-bond acceptors (Lipinski definition) is 9. The summed E-state index contributed by atoms with van der Waals surface area (Å²) in [7, 11) is 0. The molecule has 0 saturated carbocycles. The van der Waals surface area contributed by atoms with Crippen molar-refractivity contribution < 1.29 is 21.0 Å². The molecule has 12 heteroatoms. The Morgan fingerprint density at radius 2 is 1.05 bits per heavy atom. The molecule has 0 fully saturated rings. The van der Waals surface area contributed by atoms with Gasteiger partial charge in [-0.2, -0.15) is 10.2 Å². The predicted molar refractivity (Wildman–Crippen MR) is 162 cm³/mol. The SMILES string of the molecule is Cc1ccc(N=C([S-])N/N=C/c2cccs2)cc1.Cc1ccc(N=C([S-])N/N=C/c2cccs2)cc1.[O]=[V+2]. The molecule has 4 rings (SSSR count). The number of thiophene rings is 2. The average molecular weight is 616 g/mol. The number of amidine groups is 2. The van der Waals surface area contributed by atoms with Crippen LogP contribution in [0.25, 0.3) is 0 Å². The van der Waals surface area contributed by atoms with E-state index in [-0.39, 0.29) is 0 Å². The van der Waals surface area contributed by atoms with Gasteiger partial charge in [0.2, 0.25) is 0 Å². The summed E-state index contributed by atoms with van der Waals surface area (Å²) in [5.74, 6) is 0. The van der Waals surface area contributed by atoms with Crippen molar-refractivity contribution >= 4 is 82.1 Å². The number of nitrogens with zero attached hydrogens (tertiary/aromatic N) is 4. The van der Waals surface area contributed by atoms with Crippen LogP contribution in [0.4, 0.5) is 11.4 Å². The van der Waals surface area contributed by atoms with E-state index in [0.29, 0.717) is 10.3 Å². The monoisotopic (exact) mass is 615 g/mol. The molecule has 0 aliphatic heterocycles. The summed E-state index contributed by atoms with van der Waals surface area (Å²) in [6, 6.07) is 23.6. The van der Waals surface area contributed by atoms with Crippen LogP contribution in [0.3, 0.4) is 0 Å². The number of aryl methyl sites for hydroxylation is 2. The van der Waals surface area contributed by atoms with E-state index in [1.165, 1.54) is 11.1 Å². The molecule has 0 atom stereocenters. The normalized spacial score (nSPS) is 11.5. The molecule has 4 aromatic rings. The summed E-state index contributed by atoms with van der Waals surface area (Å²) in [6.45, 7) is 4.07. The molecule has 2 aromatic heterocycles. The fourth-order valence-corrected chi connectivity index (χ4v) is 4.04. The second-order valence-electron chi connectivity index (χ2n) is 7.28. The first-order valence-electron chi connectivity index (χ1n) is 11.0. The second kappa shape index (κ2) is 18.2. The molecule has 2 aromatic carbocycles. The summed E-state index contributed by atoms with van der Waals surface area (Å²) in [6.07, 6.45) is 3.45. The van der Waals surface area contributed by atoms with Crippen LogP contribution in [-0.4, -0.2) is 22.8 Å². The van der Waals surface area contributed by atoms with Gasteiger partial charge in [-0.15, -0.1) is 22.7 Å². The number of hydrogen-bond donors (Lipinski definition) is 2. The Morgan fingerprint density at radius 3 is 1.37 bits per heavy atom. The standard InChI is InChI=1S/2C13H13N3S2.O.V/c2*1-10-4-6-11(7-5-10)15-13(17)16-14-9-12-3-2-8-18-12;;/h2*2-9H,1H3,(H2,15,16,17);;/q;;;+2/p-2/b2*14-9+;;. The minimum atomic E-state index is 0.353. The van der Waals surface area contributed by atoms with Crippen molar-refractivity contribution in [1.29, 1.82) is 0 Å². The topological polar surface area (TPSA) is 90.6 Å². The van der Waals surface area contributed by atoms with E-state index in [2.05, 4.69) is 31.0 Å². The van der Waals surface area contributed by atoms with Gasteiger partial charge in [0.1, 0.15) is 0 Å². The molecular formula is C26H24N6OS4V. The van der Waals surface area contributed by atoms with E-state index in [4.69, 9.17) is 28.9 Å². The van der Waals surface area contributed by atoms with Gasteiger partial charge in [-0.25, -0.2) is 0 Å². The zero-order valence-electron chi connectivity index (χ0n) is 20.5. The Kier molecular flexibility index (Phi) is 15.0.